The zero-order valence-corrected chi connectivity index (χ0v) is 12.7. The van der Waals surface area contributed by atoms with Crippen LogP contribution in [0.5, 0.6) is 5.75 Å². The van der Waals surface area contributed by atoms with E-state index >= 15 is 0 Å². The maximum atomic E-state index is 12.8. The lowest BCUT2D eigenvalue weighted by atomic mass is 10.2. The van der Waals surface area contributed by atoms with E-state index in [1.807, 2.05) is 25.1 Å². The fourth-order valence-electron chi connectivity index (χ4n) is 2.22. The van der Waals surface area contributed by atoms with Crippen LogP contribution in [-0.4, -0.2) is 21.1 Å². The second-order valence-electron chi connectivity index (χ2n) is 4.58. The standard InChI is InChI=1S/C14H15NO3S2/c1-2-11-10-15(12-6-3-4-7-13(12)18-11)20(16,17)14-8-5-9-19-14/h3-9,11H,2,10H2,1H3. The van der Waals surface area contributed by atoms with Crippen molar-refractivity contribution in [1.82, 2.24) is 0 Å². The summed E-state index contributed by atoms with van der Waals surface area (Å²) in [4.78, 5) is 0. The van der Waals surface area contributed by atoms with Gasteiger partial charge in [-0.2, -0.15) is 0 Å². The first kappa shape index (κ1) is 13.5. The molecule has 0 fully saturated rings. The van der Waals surface area contributed by atoms with Gasteiger partial charge in [-0.1, -0.05) is 25.1 Å². The minimum Gasteiger partial charge on any atom is -0.486 e. The van der Waals surface area contributed by atoms with E-state index in [2.05, 4.69) is 0 Å². The Morgan fingerprint density at radius 3 is 2.80 bits per heavy atom. The van der Waals surface area contributed by atoms with Crippen molar-refractivity contribution in [3.8, 4) is 5.75 Å². The first-order valence-corrected chi connectivity index (χ1v) is 8.77. The normalized spacial score (nSPS) is 18.4. The Morgan fingerprint density at radius 1 is 1.30 bits per heavy atom. The monoisotopic (exact) mass is 309 g/mol. The molecule has 1 aromatic carbocycles. The van der Waals surface area contributed by atoms with Crippen LogP contribution in [0.1, 0.15) is 13.3 Å². The van der Waals surface area contributed by atoms with Gasteiger partial charge in [-0.05, 0) is 30.0 Å². The molecule has 0 saturated carbocycles. The number of hydrogen-bond acceptors (Lipinski definition) is 4. The molecule has 106 valence electrons. The van der Waals surface area contributed by atoms with Gasteiger partial charge in [-0.15, -0.1) is 11.3 Å². The van der Waals surface area contributed by atoms with Crippen molar-refractivity contribution >= 4 is 27.0 Å². The molecule has 0 bridgehead atoms. The summed E-state index contributed by atoms with van der Waals surface area (Å²) in [5, 5.41) is 1.77. The van der Waals surface area contributed by atoms with E-state index in [1.165, 1.54) is 15.6 Å². The highest BCUT2D eigenvalue weighted by Crippen LogP contribution is 2.37. The number of nitrogens with zero attached hydrogens (tertiary/aromatic N) is 1. The molecule has 1 aromatic heterocycles. The minimum absolute atomic E-state index is 0.111. The van der Waals surface area contributed by atoms with Crippen molar-refractivity contribution in [3.05, 3.63) is 41.8 Å². The van der Waals surface area contributed by atoms with Crippen molar-refractivity contribution in [2.45, 2.75) is 23.7 Å². The lowest BCUT2D eigenvalue weighted by Crippen LogP contribution is -2.43. The number of para-hydroxylation sites is 2. The van der Waals surface area contributed by atoms with Crippen LogP contribution in [0.15, 0.2) is 46.0 Å². The molecule has 0 amide bonds. The molecule has 0 saturated heterocycles. The van der Waals surface area contributed by atoms with E-state index in [0.29, 0.717) is 22.2 Å². The van der Waals surface area contributed by atoms with Crippen LogP contribution in [0.25, 0.3) is 0 Å². The average Bonchev–Trinajstić information content (AvgIpc) is 3.01. The van der Waals surface area contributed by atoms with E-state index in [-0.39, 0.29) is 6.10 Å². The summed E-state index contributed by atoms with van der Waals surface area (Å²) < 4.78 is 33.2. The Hall–Kier alpha value is -1.53. The molecule has 0 spiro atoms. The van der Waals surface area contributed by atoms with Gasteiger partial charge in [0.2, 0.25) is 0 Å². The van der Waals surface area contributed by atoms with Crippen LogP contribution in [0, 0.1) is 0 Å². The molecule has 1 unspecified atom stereocenters. The van der Waals surface area contributed by atoms with Gasteiger partial charge in [0.15, 0.2) is 0 Å². The molecule has 4 nitrogen and oxygen atoms in total. The third-order valence-corrected chi connectivity index (χ3v) is 6.44. The molecule has 0 radical (unpaired) electrons. The van der Waals surface area contributed by atoms with Gasteiger partial charge in [0.25, 0.3) is 10.0 Å². The van der Waals surface area contributed by atoms with Crippen molar-refractivity contribution in [3.63, 3.8) is 0 Å². The van der Waals surface area contributed by atoms with Gasteiger partial charge in [-0.3, -0.25) is 4.31 Å². The second kappa shape index (κ2) is 5.10. The van der Waals surface area contributed by atoms with Gasteiger partial charge < -0.3 is 4.74 Å². The molecule has 0 N–H and O–H groups in total. The van der Waals surface area contributed by atoms with Gasteiger partial charge in [-0.25, -0.2) is 8.42 Å². The van der Waals surface area contributed by atoms with E-state index in [0.717, 1.165) is 6.42 Å². The molecular weight excluding hydrogens is 294 g/mol. The fourth-order valence-corrected chi connectivity index (χ4v) is 4.83. The quantitative estimate of drug-likeness (QED) is 0.875. The summed E-state index contributed by atoms with van der Waals surface area (Å²) >= 11 is 1.24. The second-order valence-corrected chi connectivity index (χ2v) is 7.62. The molecule has 2 heterocycles. The molecule has 1 aliphatic rings. The molecule has 1 atom stereocenters. The highest BCUT2D eigenvalue weighted by Gasteiger charge is 2.34. The molecule has 0 aliphatic carbocycles. The third-order valence-electron chi connectivity index (χ3n) is 3.29. The predicted molar refractivity (Wildman–Crippen MR) is 80.0 cm³/mol. The zero-order valence-electron chi connectivity index (χ0n) is 11.0. The topological polar surface area (TPSA) is 46.6 Å². The van der Waals surface area contributed by atoms with Gasteiger partial charge in [0, 0.05) is 0 Å². The molecule has 2 aromatic rings. The van der Waals surface area contributed by atoms with Gasteiger partial charge in [0.1, 0.15) is 16.1 Å². The lowest BCUT2D eigenvalue weighted by molar-refractivity contribution is 0.196. The van der Waals surface area contributed by atoms with E-state index in [9.17, 15) is 8.42 Å². The summed E-state index contributed by atoms with van der Waals surface area (Å²) in [5.74, 6) is 0.630. The number of benzene rings is 1. The SMILES string of the molecule is CCC1CN(S(=O)(=O)c2cccs2)c2ccccc2O1. The molecule has 20 heavy (non-hydrogen) atoms. The van der Waals surface area contributed by atoms with Crippen LogP contribution in [0.3, 0.4) is 0 Å². The van der Waals surface area contributed by atoms with Crippen LogP contribution in [-0.2, 0) is 10.0 Å². The van der Waals surface area contributed by atoms with Crippen LogP contribution in [0.4, 0.5) is 5.69 Å². The number of fused-ring (bicyclic) bond motifs is 1. The Kier molecular flexibility index (Phi) is 3.43. The number of sulfonamides is 1. The largest absolute Gasteiger partial charge is 0.486 e. The maximum absolute atomic E-state index is 12.8. The fraction of sp³-hybridized carbons (Fsp3) is 0.286. The van der Waals surface area contributed by atoms with Crippen molar-refractivity contribution in [1.29, 1.82) is 0 Å². The summed E-state index contributed by atoms with van der Waals surface area (Å²) in [5.41, 5.74) is 0.616. The zero-order chi connectivity index (χ0) is 14.2. The van der Waals surface area contributed by atoms with Crippen LogP contribution >= 0.6 is 11.3 Å². The van der Waals surface area contributed by atoms with Crippen LogP contribution in [0.2, 0.25) is 0 Å². The van der Waals surface area contributed by atoms with E-state index in [1.54, 1.807) is 23.6 Å². The third kappa shape index (κ3) is 2.19. The number of hydrogen-bond donors (Lipinski definition) is 0. The van der Waals surface area contributed by atoms with Crippen LogP contribution < -0.4 is 9.04 Å². The first-order valence-electron chi connectivity index (χ1n) is 6.45. The number of thiophene rings is 1. The summed E-state index contributed by atoms with van der Waals surface area (Å²) in [6.07, 6.45) is 0.657. The van der Waals surface area contributed by atoms with Crippen molar-refractivity contribution in [2.75, 3.05) is 10.8 Å². The van der Waals surface area contributed by atoms with Crippen molar-refractivity contribution in [2.24, 2.45) is 0 Å². The summed E-state index contributed by atoms with van der Waals surface area (Å²) in [6, 6.07) is 10.7. The highest BCUT2D eigenvalue weighted by molar-refractivity contribution is 7.94. The Morgan fingerprint density at radius 2 is 2.10 bits per heavy atom. The number of anilines is 1. The highest BCUT2D eigenvalue weighted by atomic mass is 32.2. The number of rotatable bonds is 3. The smallest absolute Gasteiger partial charge is 0.274 e. The average molecular weight is 309 g/mol. The predicted octanol–water partition coefficient (Wildman–Crippen LogP) is 3.11. The van der Waals surface area contributed by atoms with Gasteiger partial charge in [0.05, 0.1) is 12.2 Å². The summed E-state index contributed by atoms with van der Waals surface area (Å²) in [7, 11) is -3.50. The van der Waals surface area contributed by atoms with E-state index < -0.39 is 10.0 Å². The van der Waals surface area contributed by atoms with E-state index in [4.69, 9.17) is 4.74 Å². The maximum Gasteiger partial charge on any atom is 0.274 e. The molecule has 1 aliphatic heterocycles. The molecular formula is C14H15NO3S2. The molecule has 6 heteroatoms. The minimum atomic E-state index is -3.50. The summed E-state index contributed by atoms with van der Waals surface area (Å²) in [6.45, 7) is 2.35. The Labute approximate surface area is 122 Å². The Balaban J connectivity index is 2.09. The number of ether oxygens (including phenoxy) is 1. The lowest BCUT2D eigenvalue weighted by Gasteiger charge is -2.34. The first-order chi connectivity index (χ1) is 9.63. The molecule has 3 rings (SSSR count). The van der Waals surface area contributed by atoms with Crippen molar-refractivity contribution < 1.29 is 13.2 Å². The van der Waals surface area contributed by atoms with Gasteiger partial charge >= 0.3 is 0 Å². The Bertz CT molecular complexity index is 695.